The molecule has 0 unspecified atom stereocenters. The highest BCUT2D eigenvalue weighted by Gasteiger charge is 2.26. The molecular weight excluding hydrogens is 284 g/mol. The van der Waals surface area contributed by atoms with Crippen LogP contribution >= 0.6 is 0 Å². The van der Waals surface area contributed by atoms with E-state index in [2.05, 4.69) is 20.8 Å². The van der Waals surface area contributed by atoms with Gasteiger partial charge in [-0.1, -0.05) is 42.0 Å². The lowest BCUT2D eigenvalue weighted by molar-refractivity contribution is -0.0111. The van der Waals surface area contributed by atoms with Crippen molar-refractivity contribution in [1.82, 2.24) is 0 Å². The Morgan fingerprint density at radius 2 is 0.955 bits per heavy atom. The highest BCUT2D eigenvalue weighted by Crippen LogP contribution is 2.30. The summed E-state index contributed by atoms with van der Waals surface area (Å²) >= 11 is 0. The Morgan fingerprint density at radius 3 is 1.05 bits per heavy atom. The van der Waals surface area contributed by atoms with E-state index in [0.717, 1.165) is 19.3 Å². The van der Waals surface area contributed by atoms with Crippen LogP contribution in [0.2, 0.25) is 0 Å². The first kappa shape index (κ1) is 29.8. The fourth-order valence-corrected chi connectivity index (χ4v) is 2.06. The second-order valence-electron chi connectivity index (χ2n) is 5.56. The van der Waals surface area contributed by atoms with Gasteiger partial charge in [0.25, 0.3) is 0 Å². The summed E-state index contributed by atoms with van der Waals surface area (Å²) < 4.78 is 0. The van der Waals surface area contributed by atoms with E-state index in [9.17, 15) is 0 Å². The van der Waals surface area contributed by atoms with Crippen molar-refractivity contribution < 1.29 is 25.5 Å². The molecule has 0 aliphatic carbocycles. The fourth-order valence-electron chi connectivity index (χ4n) is 2.06. The molecule has 0 amide bonds. The molecule has 0 aromatic carbocycles. The minimum absolute atomic E-state index is 0. The molecule has 22 heavy (non-hydrogen) atoms. The summed E-state index contributed by atoms with van der Waals surface area (Å²) in [7, 11) is 0. The lowest BCUT2D eigenvalue weighted by Gasteiger charge is -2.28. The minimum atomic E-state index is -0.908. The van der Waals surface area contributed by atoms with Crippen LogP contribution in [0, 0.1) is 10.8 Å². The van der Waals surface area contributed by atoms with Gasteiger partial charge in [-0.2, -0.15) is 0 Å². The molecule has 0 heterocycles. The highest BCUT2D eigenvalue weighted by molar-refractivity contribution is 4.76. The van der Waals surface area contributed by atoms with Crippen molar-refractivity contribution in [2.75, 3.05) is 33.0 Å². The van der Waals surface area contributed by atoms with Crippen molar-refractivity contribution >= 4 is 0 Å². The smallest absolute Gasteiger partial charge is 0.0532 e. The van der Waals surface area contributed by atoms with E-state index in [0.29, 0.717) is 6.61 Å². The van der Waals surface area contributed by atoms with Gasteiger partial charge < -0.3 is 25.5 Å². The molecule has 0 aromatic rings. The zero-order chi connectivity index (χ0) is 16.1. The summed E-state index contributed by atoms with van der Waals surface area (Å²) in [6.07, 6.45) is 4.77. The zero-order valence-corrected chi connectivity index (χ0v) is 13.3. The molecule has 0 aliphatic rings. The topological polar surface area (TPSA) is 101 Å². The van der Waals surface area contributed by atoms with Crippen molar-refractivity contribution in [3.8, 4) is 0 Å². The molecular formula is C17H42O5. The molecule has 0 fully saturated rings. The molecule has 0 atom stereocenters. The van der Waals surface area contributed by atoms with E-state index in [1.165, 1.54) is 6.42 Å². The predicted molar refractivity (Wildman–Crippen MR) is 93.9 cm³/mol. The van der Waals surface area contributed by atoms with Gasteiger partial charge in [0.05, 0.1) is 19.8 Å². The molecule has 5 nitrogen and oxygen atoms in total. The minimum Gasteiger partial charge on any atom is -0.396 e. The maximum atomic E-state index is 9.11. The van der Waals surface area contributed by atoms with Gasteiger partial charge in [0, 0.05) is 18.6 Å². The molecule has 5 heteroatoms. The van der Waals surface area contributed by atoms with Crippen LogP contribution in [0.1, 0.15) is 67.7 Å². The number of hydrogen-bond donors (Lipinski definition) is 5. The van der Waals surface area contributed by atoms with Gasteiger partial charge in [-0.25, -0.2) is 0 Å². The van der Waals surface area contributed by atoms with Gasteiger partial charge in [0.1, 0.15) is 0 Å². The van der Waals surface area contributed by atoms with Gasteiger partial charge in [-0.3, -0.25) is 0 Å². The van der Waals surface area contributed by atoms with Gasteiger partial charge in [-0.15, -0.1) is 0 Å². The number of rotatable bonds is 10. The molecule has 0 aliphatic heterocycles. The summed E-state index contributed by atoms with van der Waals surface area (Å²) in [4.78, 5) is 0. The van der Waals surface area contributed by atoms with Crippen LogP contribution < -0.4 is 0 Å². The van der Waals surface area contributed by atoms with Crippen molar-refractivity contribution in [3.05, 3.63) is 0 Å². The number of aliphatic hydroxyl groups excluding tert-OH is 5. The van der Waals surface area contributed by atoms with Crippen LogP contribution in [0.4, 0.5) is 0 Å². The van der Waals surface area contributed by atoms with E-state index in [1.807, 2.05) is 0 Å². The molecule has 0 rings (SSSR count). The van der Waals surface area contributed by atoms with Gasteiger partial charge in [-0.05, 0) is 31.1 Å². The van der Waals surface area contributed by atoms with Crippen LogP contribution in [0.3, 0.4) is 0 Å². The maximum absolute atomic E-state index is 9.11. The Morgan fingerprint density at radius 1 is 0.591 bits per heavy atom. The van der Waals surface area contributed by atoms with Crippen LogP contribution in [0.5, 0.6) is 0 Å². The van der Waals surface area contributed by atoms with E-state index in [-0.39, 0.29) is 53.1 Å². The second-order valence-corrected chi connectivity index (χ2v) is 5.56. The van der Waals surface area contributed by atoms with E-state index in [4.69, 9.17) is 25.5 Å². The third-order valence-corrected chi connectivity index (χ3v) is 4.26. The van der Waals surface area contributed by atoms with Crippen molar-refractivity contribution in [2.45, 2.75) is 67.7 Å². The molecule has 0 spiro atoms. The quantitative estimate of drug-likeness (QED) is 0.424. The van der Waals surface area contributed by atoms with Gasteiger partial charge >= 0.3 is 0 Å². The van der Waals surface area contributed by atoms with Crippen molar-refractivity contribution in [3.63, 3.8) is 0 Å². The summed E-state index contributed by atoms with van der Waals surface area (Å²) in [5.41, 5.74) is -0.677. The lowest BCUT2D eigenvalue weighted by atomic mass is 9.79. The van der Waals surface area contributed by atoms with Crippen LogP contribution in [0.25, 0.3) is 0 Å². The van der Waals surface area contributed by atoms with Crippen LogP contribution in [-0.4, -0.2) is 58.6 Å². The SMILES string of the molecule is C.C.CCCC(CC)(CC)CO.OCCC(CO)(CO)CO. The van der Waals surface area contributed by atoms with Crippen molar-refractivity contribution in [2.24, 2.45) is 10.8 Å². The van der Waals surface area contributed by atoms with Crippen molar-refractivity contribution in [1.29, 1.82) is 0 Å². The monoisotopic (exact) mass is 326 g/mol. The summed E-state index contributed by atoms with van der Waals surface area (Å²) in [5, 5.41) is 43.6. The Bertz CT molecular complexity index is 163. The largest absolute Gasteiger partial charge is 0.396 e. The van der Waals surface area contributed by atoms with E-state index in [1.54, 1.807) is 0 Å². The fraction of sp³-hybridized carbons (Fsp3) is 1.00. The third kappa shape index (κ3) is 10.5. The normalized spacial score (nSPS) is 10.9. The number of aliphatic hydroxyl groups is 5. The maximum Gasteiger partial charge on any atom is 0.0532 e. The average molecular weight is 327 g/mol. The van der Waals surface area contributed by atoms with Gasteiger partial charge in [0.15, 0.2) is 0 Å². The summed E-state index contributed by atoms with van der Waals surface area (Å²) in [6, 6.07) is 0. The first-order valence-electron chi connectivity index (χ1n) is 7.53. The predicted octanol–water partition coefficient (Wildman–Crippen LogP) is 2.19. The third-order valence-electron chi connectivity index (χ3n) is 4.26. The van der Waals surface area contributed by atoms with Crippen LogP contribution in [-0.2, 0) is 0 Å². The standard InChI is InChI=1S/C9H20O.C6H14O4.2CH4/c1-4-7-9(5-2,6-3)8-10;7-2-1-6(3-8,4-9)5-10;;/h10H,4-8H2,1-3H3;7-10H,1-5H2;2*1H4. The molecule has 0 bridgehead atoms. The van der Waals surface area contributed by atoms with E-state index >= 15 is 0 Å². The Labute approximate surface area is 138 Å². The molecule has 0 saturated heterocycles. The first-order chi connectivity index (χ1) is 9.49. The Kier molecular flexibility index (Phi) is 23.2. The van der Waals surface area contributed by atoms with E-state index < -0.39 is 5.41 Å². The average Bonchev–Trinajstić information content (AvgIpc) is 2.51. The molecule has 5 N–H and O–H groups in total. The van der Waals surface area contributed by atoms with Crippen LogP contribution in [0.15, 0.2) is 0 Å². The Balaban J connectivity index is -0.000000135. The molecule has 140 valence electrons. The first-order valence-corrected chi connectivity index (χ1v) is 7.53. The molecule has 0 radical (unpaired) electrons. The van der Waals surface area contributed by atoms with Gasteiger partial charge in [0.2, 0.25) is 0 Å². The molecule has 0 saturated carbocycles. The Hall–Kier alpha value is -0.200. The zero-order valence-electron chi connectivity index (χ0n) is 13.3. The lowest BCUT2D eigenvalue weighted by Crippen LogP contribution is -2.34. The highest BCUT2D eigenvalue weighted by atomic mass is 16.3. The molecule has 0 aromatic heterocycles. The summed E-state index contributed by atoms with van der Waals surface area (Å²) in [6.45, 7) is 5.80. The second kappa shape index (κ2) is 17.2. The summed E-state index contributed by atoms with van der Waals surface area (Å²) in [5.74, 6) is 0. The number of hydrogen-bond acceptors (Lipinski definition) is 5.